The van der Waals surface area contributed by atoms with Gasteiger partial charge >= 0.3 is 5.97 Å². The Bertz CT molecular complexity index is 395. The van der Waals surface area contributed by atoms with Crippen LogP contribution in [0.4, 0.5) is 5.13 Å². The maximum atomic E-state index is 11.1. The number of aliphatic carboxylic acids is 1. The zero-order valence-corrected chi connectivity index (χ0v) is 11.8. The third-order valence-corrected chi connectivity index (χ3v) is 3.12. The third-order valence-electron chi connectivity index (χ3n) is 2.46. The summed E-state index contributed by atoms with van der Waals surface area (Å²) < 4.78 is 9.23. The van der Waals surface area contributed by atoms with Gasteiger partial charge in [-0.3, -0.25) is 0 Å². The molecule has 1 aromatic rings. The molecule has 0 aliphatic heterocycles. The quantitative estimate of drug-likeness (QED) is 0.792. The first-order chi connectivity index (χ1) is 8.43. The molecular formula is C11H19N3O3S. The smallest absolute Gasteiger partial charge is 0.326 e. The highest BCUT2D eigenvalue weighted by Gasteiger charge is 2.21. The summed E-state index contributed by atoms with van der Waals surface area (Å²) >= 11 is 1.15. The predicted octanol–water partition coefficient (Wildman–Crippen LogP) is 2.16. The van der Waals surface area contributed by atoms with Crippen LogP contribution < -0.4 is 5.32 Å². The van der Waals surface area contributed by atoms with Crippen molar-refractivity contribution in [1.82, 2.24) is 9.36 Å². The summed E-state index contributed by atoms with van der Waals surface area (Å²) in [6.45, 7) is 5.81. The van der Waals surface area contributed by atoms with Crippen LogP contribution in [0.25, 0.3) is 0 Å². The summed E-state index contributed by atoms with van der Waals surface area (Å²) in [6, 6.07) is -0.636. The average Bonchev–Trinajstić information content (AvgIpc) is 2.75. The highest BCUT2D eigenvalue weighted by molar-refractivity contribution is 7.09. The molecule has 18 heavy (non-hydrogen) atoms. The number of hydrogen-bond donors (Lipinski definition) is 2. The molecule has 0 fully saturated rings. The summed E-state index contributed by atoms with van der Waals surface area (Å²) in [5.41, 5.74) is 0. The lowest BCUT2D eigenvalue weighted by atomic mass is 10.0. The second-order valence-electron chi connectivity index (χ2n) is 4.50. The molecule has 1 aromatic heterocycles. The fourth-order valence-corrected chi connectivity index (χ4v) is 2.10. The highest BCUT2D eigenvalue weighted by atomic mass is 32.1. The highest BCUT2D eigenvalue weighted by Crippen LogP contribution is 2.20. The van der Waals surface area contributed by atoms with E-state index in [4.69, 9.17) is 9.84 Å². The molecule has 0 aliphatic carbocycles. The normalized spacial score (nSPS) is 14.5. The zero-order valence-electron chi connectivity index (χ0n) is 11.0. The van der Waals surface area contributed by atoms with E-state index in [1.165, 1.54) is 0 Å². The maximum Gasteiger partial charge on any atom is 0.326 e. The van der Waals surface area contributed by atoms with Crippen molar-refractivity contribution >= 4 is 22.6 Å². The van der Waals surface area contributed by atoms with Crippen LogP contribution in [0, 0.1) is 5.92 Å². The second kappa shape index (κ2) is 6.65. The summed E-state index contributed by atoms with van der Waals surface area (Å²) in [7, 11) is 1.58. The monoisotopic (exact) mass is 273 g/mol. The predicted molar refractivity (Wildman–Crippen MR) is 69.8 cm³/mol. The van der Waals surface area contributed by atoms with Crippen molar-refractivity contribution in [2.24, 2.45) is 5.92 Å². The van der Waals surface area contributed by atoms with E-state index in [1.807, 2.05) is 20.8 Å². The minimum atomic E-state index is -0.875. The molecule has 0 bridgehead atoms. The van der Waals surface area contributed by atoms with Crippen molar-refractivity contribution in [1.29, 1.82) is 0 Å². The van der Waals surface area contributed by atoms with Crippen LogP contribution in [0.2, 0.25) is 0 Å². The molecule has 0 saturated heterocycles. The van der Waals surface area contributed by atoms with Gasteiger partial charge in [-0.2, -0.15) is 4.37 Å². The second-order valence-corrected chi connectivity index (χ2v) is 5.25. The Kier molecular flexibility index (Phi) is 5.49. The third kappa shape index (κ3) is 4.23. The van der Waals surface area contributed by atoms with Gasteiger partial charge in [-0.1, -0.05) is 13.8 Å². The van der Waals surface area contributed by atoms with E-state index in [0.29, 0.717) is 23.3 Å². The SMILES string of the molecule is COC(C)c1nsc(N[C@H](CC(C)C)C(=O)O)n1. The molecule has 1 heterocycles. The van der Waals surface area contributed by atoms with E-state index >= 15 is 0 Å². The largest absolute Gasteiger partial charge is 0.480 e. The van der Waals surface area contributed by atoms with Gasteiger partial charge in [0.15, 0.2) is 5.82 Å². The van der Waals surface area contributed by atoms with E-state index < -0.39 is 12.0 Å². The van der Waals surface area contributed by atoms with Crippen molar-refractivity contribution in [2.45, 2.75) is 39.3 Å². The molecule has 0 radical (unpaired) electrons. The first-order valence-electron chi connectivity index (χ1n) is 5.79. The van der Waals surface area contributed by atoms with Gasteiger partial charge in [-0.05, 0) is 19.3 Å². The molecule has 0 aromatic carbocycles. The number of hydrogen-bond acceptors (Lipinski definition) is 6. The number of rotatable bonds is 7. The minimum Gasteiger partial charge on any atom is -0.480 e. The Labute approximate surface area is 111 Å². The van der Waals surface area contributed by atoms with Gasteiger partial charge in [0.25, 0.3) is 0 Å². The Hall–Kier alpha value is -1.21. The number of nitrogens with one attached hydrogen (secondary N) is 1. The van der Waals surface area contributed by atoms with Crippen LogP contribution in [0.1, 0.15) is 39.1 Å². The summed E-state index contributed by atoms with van der Waals surface area (Å²) in [6.07, 6.45) is 0.356. The molecule has 2 N–H and O–H groups in total. The molecule has 0 saturated carbocycles. The molecule has 102 valence electrons. The van der Waals surface area contributed by atoms with Crippen LogP contribution >= 0.6 is 11.5 Å². The molecule has 1 rings (SSSR count). The van der Waals surface area contributed by atoms with Crippen molar-refractivity contribution in [2.75, 3.05) is 12.4 Å². The van der Waals surface area contributed by atoms with E-state index in [1.54, 1.807) is 7.11 Å². The number of aromatic nitrogens is 2. The topological polar surface area (TPSA) is 84.3 Å². The maximum absolute atomic E-state index is 11.1. The van der Waals surface area contributed by atoms with Gasteiger partial charge in [0.05, 0.1) is 0 Å². The molecule has 0 amide bonds. The summed E-state index contributed by atoms with van der Waals surface area (Å²) in [5, 5.41) is 12.5. The molecular weight excluding hydrogens is 254 g/mol. The lowest BCUT2D eigenvalue weighted by molar-refractivity contribution is -0.138. The van der Waals surface area contributed by atoms with Gasteiger partial charge in [-0.25, -0.2) is 9.78 Å². The average molecular weight is 273 g/mol. The summed E-state index contributed by atoms with van der Waals surface area (Å²) in [5.74, 6) is -0.0113. The van der Waals surface area contributed by atoms with Gasteiger partial charge in [0, 0.05) is 18.6 Å². The van der Waals surface area contributed by atoms with E-state index in [0.717, 1.165) is 11.5 Å². The van der Waals surface area contributed by atoms with Gasteiger partial charge < -0.3 is 15.2 Å². The van der Waals surface area contributed by atoms with Crippen LogP contribution in [0.5, 0.6) is 0 Å². The van der Waals surface area contributed by atoms with E-state index in [9.17, 15) is 4.79 Å². The Morgan fingerprint density at radius 3 is 2.67 bits per heavy atom. The molecule has 1 unspecified atom stereocenters. The molecule has 0 aliphatic rings. The Balaban J connectivity index is 2.69. The standard InChI is InChI=1S/C11H19N3O3S/c1-6(2)5-8(10(15)16)12-11-13-9(14-18-11)7(3)17-4/h6-8H,5H2,1-4H3,(H,15,16)(H,12,13,14)/t7?,8-/m1/s1. The van der Waals surface area contributed by atoms with Crippen molar-refractivity contribution < 1.29 is 14.6 Å². The first kappa shape index (κ1) is 14.8. The van der Waals surface area contributed by atoms with Crippen LogP contribution in [0.15, 0.2) is 0 Å². The van der Waals surface area contributed by atoms with Crippen molar-refractivity contribution in [3.05, 3.63) is 5.82 Å². The van der Waals surface area contributed by atoms with E-state index in [2.05, 4.69) is 14.7 Å². The zero-order chi connectivity index (χ0) is 13.7. The molecule has 6 nitrogen and oxygen atoms in total. The lowest BCUT2D eigenvalue weighted by Gasteiger charge is -2.15. The first-order valence-corrected chi connectivity index (χ1v) is 6.57. The lowest BCUT2D eigenvalue weighted by Crippen LogP contribution is -2.30. The van der Waals surface area contributed by atoms with Crippen LogP contribution in [-0.4, -0.2) is 33.6 Å². The number of carbonyl (C=O) groups is 1. The van der Waals surface area contributed by atoms with Gasteiger partial charge in [0.1, 0.15) is 12.1 Å². The van der Waals surface area contributed by atoms with Crippen molar-refractivity contribution in [3.8, 4) is 0 Å². The molecule has 7 heteroatoms. The number of carboxylic acids is 1. The Morgan fingerprint density at radius 2 is 2.17 bits per heavy atom. The Morgan fingerprint density at radius 1 is 1.50 bits per heavy atom. The number of methoxy groups -OCH3 is 1. The molecule has 2 atom stereocenters. The molecule has 0 spiro atoms. The number of anilines is 1. The number of carboxylic acid groups (broad SMARTS) is 1. The minimum absolute atomic E-state index is 0.190. The number of nitrogens with zero attached hydrogens (tertiary/aromatic N) is 2. The van der Waals surface area contributed by atoms with Gasteiger partial charge in [-0.15, -0.1) is 0 Å². The fourth-order valence-electron chi connectivity index (χ4n) is 1.41. The van der Waals surface area contributed by atoms with Crippen LogP contribution in [-0.2, 0) is 9.53 Å². The summed E-state index contributed by atoms with van der Waals surface area (Å²) in [4.78, 5) is 15.3. The van der Waals surface area contributed by atoms with Crippen molar-refractivity contribution in [3.63, 3.8) is 0 Å². The van der Waals surface area contributed by atoms with E-state index in [-0.39, 0.29) is 6.10 Å². The van der Waals surface area contributed by atoms with Gasteiger partial charge in [0.2, 0.25) is 5.13 Å². The van der Waals surface area contributed by atoms with Crippen LogP contribution in [0.3, 0.4) is 0 Å². The number of ether oxygens (including phenoxy) is 1. The fraction of sp³-hybridized carbons (Fsp3) is 0.727.